The average Bonchev–Trinajstić information content (AvgIpc) is 2.34. The quantitative estimate of drug-likeness (QED) is 0.481. The van der Waals surface area contributed by atoms with Crippen molar-refractivity contribution in [1.82, 2.24) is 0 Å². The molecule has 0 aliphatic heterocycles. The Bertz CT molecular complexity index is 483. The molecule has 2 nitrogen and oxygen atoms in total. The summed E-state index contributed by atoms with van der Waals surface area (Å²) < 4.78 is 173. The van der Waals surface area contributed by atoms with E-state index in [9.17, 15) is 61.6 Å². The number of hydrogen-bond donors (Lipinski definition) is 1. The van der Waals surface area contributed by atoms with E-state index in [1.165, 1.54) is 0 Å². The topological polar surface area (TPSA) is 37.3 Å². The van der Waals surface area contributed by atoms with Crippen LogP contribution in [0, 0.1) is 0 Å². The lowest BCUT2D eigenvalue weighted by molar-refractivity contribution is -0.439. The first-order chi connectivity index (χ1) is 10.2. The van der Waals surface area contributed by atoms with Gasteiger partial charge in [0, 0.05) is 0 Å². The van der Waals surface area contributed by atoms with E-state index < -0.39 is 56.4 Å². The lowest BCUT2D eigenvalue weighted by Crippen LogP contribution is -2.70. The maximum absolute atomic E-state index is 13.0. The maximum Gasteiger partial charge on any atom is 0.505 e. The number of rotatable bonds is 7. The molecule has 0 radical (unpaired) electrons. The van der Waals surface area contributed by atoms with Crippen molar-refractivity contribution in [1.29, 1.82) is 0 Å². The summed E-state index contributed by atoms with van der Waals surface area (Å²) in [5, 5.41) is 0. The van der Waals surface area contributed by atoms with Crippen molar-refractivity contribution in [3.05, 3.63) is 0 Å². The van der Waals surface area contributed by atoms with Crippen molar-refractivity contribution in [3.63, 3.8) is 0 Å². The first kappa shape index (κ1) is 23.1. The van der Waals surface area contributed by atoms with Crippen LogP contribution in [0.3, 0.4) is 0 Å². The molecule has 0 rings (SSSR count). The standard InChI is InChI=1S/C8H4F13O2P/c9-3(10,1-2-24(22)23)4(11,12)5(13,14)6(15,16)7(17,18)8(19,20)21/h1-2H2/p+1. The number of hydrogen-bond acceptors (Lipinski definition) is 1. The van der Waals surface area contributed by atoms with Gasteiger partial charge in [-0.05, 0) is 4.57 Å². The SMILES string of the molecule is O=[P+](O)CCC(F)(F)C(F)(F)C(F)(F)C(F)(F)C(F)(F)C(F)(F)F. The highest BCUT2D eigenvalue weighted by Gasteiger charge is 2.90. The van der Waals surface area contributed by atoms with Gasteiger partial charge in [0.2, 0.25) is 0 Å². The summed E-state index contributed by atoms with van der Waals surface area (Å²) in [6, 6.07) is 0. The largest absolute Gasteiger partial charge is 0.505 e. The minimum atomic E-state index is -7.95. The Morgan fingerprint density at radius 1 is 0.625 bits per heavy atom. The molecule has 16 heteroatoms. The first-order valence-corrected chi connectivity index (χ1v) is 6.66. The van der Waals surface area contributed by atoms with Crippen LogP contribution in [0.5, 0.6) is 0 Å². The van der Waals surface area contributed by atoms with Crippen LogP contribution in [0.1, 0.15) is 6.42 Å². The minimum absolute atomic E-state index is 1.84. The maximum atomic E-state index is 13.0. The van der Waals surface area contributed by atoms with Gasteiger partial charge >= 0.3 is 43.8 Å². The molecule has 0 aromatic carbocycles. The lowest BCUT2D eigenvalue weighted by Gasteiger charge is -2.39. The molecule has 0 aliphatic rings. The molecule has 0 aromatic heterocycles. The van der Waals surface area contributed by atoms with E-state index in [4.69, 9.17) is 4.89 Å². The van der Waals surface area contributed by atoms with Crippen molar-refractivity contribution < 1.29 is 66.5 Å². The zero-order valence-electron chi connectivity index (χ0n) is 10.6. The van der Waals surface area contributed by atoms with Gasteiger partial charge in [-0.3, -0.25) is 0 Å². The Morgan fingerprint density at radius 2 is 0.958 bits per heavy atom. The Kier molecular flexibility index (Phi) is 5.93. The van der Waals surface area contributed by atoms with Gasteiger partial charge < -0.3 is 0 Å². The molecular formula is C8H5F13O2P+. The normalized spacial score (nSPS) is 16.3. The molecule has 1 N–H and O–H groups in total. The van der Waals surface area contributed by atoms with Gasteiger partial charge in [0.25, 0.3) is 0 Å². The van der Waals surface area contributed by atoms with Crippen molar-refractivity contribution >= 4 is 8.03 Å². The van der Waals surface area contributed by atoms with Crippen LogP contribution in [0.2, 0.25) is 0 Å². The van der Waals surface area contributed by atoms with Gasteiger partial charge in [0.1, 0.15) is 0 Å². The van der Waals surface area contributed by atoms with Gasteiger partial charge in [-0.1, -0.05) is 0 Å². The Morgan fingerprint density at radius 3 is 1.25 bits per heavy atom. The van der Waals surface area contributed by atoms with Crippen LogP contribution < -0.4 is 0 Å². The van der Waals surface area contributed by atoms with Gasteiger partial charge in [-0.2, -0.15) is 62.0 Å². The Hall–Kier alpha value is -0.850. The third kappa shape index (κ3) is 3.41. The molecule has 24 heavy (non-hydrogen) atoms. The molecule has 0 heterocycles. The van der Waals surface area contributed by atoms with E-state index in [1.54, 1.807) is 0 Å². The van der Waals surface area contributed by atoms with Crippen molar-refractivity contribution in [2.24, 2.45) is 0 Å². The molecule has 0 aliphatic carbocycles. The van der Waals surface area contributed by atoms with Crippen LogP contribution >= 0.6 is 8.03 Å². The van der Waals surface area contributed by atoms with E-state index in [0.717, 1.165) is 0 Å². The first-order valence-electron chi connectivity index (χ1n) is 5.26. The third-order valence-corrected chi connectivity index (χ3v) is 3.22. The van der Waals surface area contributed by atoms with E-state index in [1.807, 2.05) is 0 Å². The van der Waals surface area contributed by atoms with Gasteiger partial charge in [0.05, 0.1) is 6.42 Å². The summed E-state index contributed by atoms with van der Waals surface area (Å²) in [4.78, 5) is 8.11. The van der Waals surface area contributed by atoms with Crippen LogP contribution in [-0.4, -0.2) is 46.8 Å². The predicted octanol–water partition coefficient (Wildman–Crippen LogP) is 4.85. The summed E-state index contributed by atoms with van der Waals surface area (Å²) in [5.74, 6) is -37.3. The highest BCUT2D eigenvalue weighted by atomic mass is 31.1. The zero-order chi connectivity index (χ0) is 20.0. The highest BCUT2D eigenvalue weighted by molar-refractivity contribution is 7.37. The van der Waals surface area contributed by atoms with Gasteiger partial charge in [-0.25, -0.2) is 0 Å². The Labute approximate surface area is 124 Å². The number of alkyl halides is 13. The fourth-order valence-electron chi connectivity index (χ4n) is 1.20. The highest BCUT2D eigenvalue weighted by Crippen LogP contribution is 2.60. The molecule has 0 saturated heterocycles. The molecule has 1 unspecified atom stereocenters. The fraction of sp³-hybridized carbons (Fsp3) is 1.00. The molecule has 144 valence electrons. The van der Waals surface area contributed by atoms with Crippen LogP contribution in [0.15, 0.2) is 0 Å². The molecule has 0 saturated carbocycles. The third-order valence-electron chi connectivity index (χ3n) is 2.62. The summed E-state index contributed by atoms with van der Waals surface area (Å²) >= 11 is 0. The zero-order valence-corrected chi connectivity index (χ0v) is 11.5. The average molecular weight is 411 g/mol. The summed E-state index contributed by atoms with van der Waals surface area (Å²) in [5.41, 5.74) is 0. The lowest BCUT2D eigenvalue weighted by atomic mass is 9.93. The van der Waals surface area contributed by atoms with Gasteiger partial charge in [-0.15, -0.1) is 0 Å². The van der Waals surface area contributed by atoms with E-state index in [0.29, 0.717) is 0 Å². The van der Waals surface area contributed by atoms with Crippen molar-refractivity contribution in [2.75, 3.05) is 6.16 Å². The van der Waals surface area contributed by atoms with Crippen molar-refractivity contribution in [3.8, 4) is 0 Å². The summed E-state index contributed by atoms with van der Waals surface area (Å²) in [7, 11) is -3.64. The molecular weight excluding hydrogens is 406 g/mol. The van der Waals surface area contributed by atoms with Crippen LogP contribution in [-0.2, 0) is 4.57 Å². The minimum Gasteiger partial charge on any atom is -0.199 e. The second kappa shape index (κ2) is 6.15. The van der Waals surface area contributed by atoms with E-state index in [2.05, 4.69) is 0 Å². The molecule has 0 bridgehead atoms. The second-order valence-electron chi connectivity index (χ2n) is 4.33. The predicted molar refractivity (Wildman–Crippen MR) is 50.1 cm³/mol. The molecule has 1 atom stereocenters. The molecule has 0 fully saturated rings. The smallest absolute Gasteiger partial charge is 0.199 e. The fourth-order valence-corrected chi connectivity index (χ4v) is 1.67. The van der Waals surface area contributed by atoms with E-state index in [-0.39, 0.29) is 0 Å². The van der Waals surface area contributed by atoms with Crippen LogP contribution in [0.4, 0.5) is 57.1 Å². The van der Waals surface area contributed by atoms with Gasteiger partial charge in [0.15, 0.2) is 6.16 Å². The molecule has 0 spiro atoms. The Balaban J connectivity index is 6.05. The molecule has 0 aromatic rings. The molecule has 0 amide bonds. The summed E-state index contributed by atoms with van der Waals surface area (Å²) in [6.45, 7) is 0. The summed E-state index contributed by atoms with van der Waals surface area (Å²) in [6.07, 6.45) is -12.0. The van der Waals surface area contributed by atoms with Crippen molar-refractivity contribution in [2.45, 2.75) is 42.2 Å². The second-order valence-corrected chi connectivity index (χ2v) is 5.48. The monoisotopic (exact) mass is 411 g/mol. The number of halogens is 13. The van der Waals surface area contributed by atoms with E-state index >= 15 is 0 Å². The van der Waals surface area contributed by atoms with Crippen LogP contribution in [0.25, 0.3) is 0 Å².